The van der Waals surface area contributed by atoms with Crippen molar-refractivity contribution in [3.63, 3.8) is 0 Å². The standard InChI is InChI=1S/C13H14ClN3O4/c1-8(18)15-9-4-5-16(7-9)13(19)11-3-2-10(17(20)21)6-12(11)14/h2-3,6,9H,4-5,7H2,1H3,(H,15,18). The predicted octanol–water partition coefficient (Wildman–Crippen LogP) is 1.60. The highest BCUT2D eigenvalue weighted by molar-refractivity contribution is 6.34. The summed E-state index contributed by atoms with van der Waals surface area (Å²) in [6.45, 7) is 2.35. The molecule has 1 aliphatic heterocycles. The molecular formula is C13H14ClN3O4. The highest BCUT2D eigenvalue weighted by atomic mass is 35.5. The van der Waals surface area contributed by atoms with Gasteiger partial charge in [-0.2, -0.15) is 0 Å². The molecule has 0 aromatic heterocycles. The number of carbonyl (C=O) groups excluding carboxylic acids is 2. The van der Waals surface area contributed by atoms with Gasteiger partial charge in [0.25, 0.3) is 11.6 Å². The zero-order chi connectivity index (χ0) is 15.6. The summed E-state index contributed by atoms with van der Waals surface area (Å²) < 4.78 is 0. The van der Waals surface area contributed by atoms with Crippen LogP contribution in [0.5, 0.6) is 0 Å². The maximum Gasteiger partial charge on any atom is 0.270 e. The molecular weight excluding hydrogens is 298 g/mol. The number of halogens is 1. The van der Waals surface area contributed by atoms with Crippen LogP contribution in [0.2, 0.25) is 5.02 Å². The molecule has 2 amide bonds. The van der Waals surface area contributed by atoms with Crippen molar-refractivity contribution < 1.29 is 14.5 Å². The van der Waals surface area contributed by atoms with Gasteiger partial charge in [0.15, 0.2) is 0 Å². The van der Waals surface area contributed by atoms with E-state index in [4.69, 9.17) is 11.6 Å². The molecule has 1 saturated heterocycles. The lowest BCUT2D eigenvalue weighted by molar-refractivity contribution is -0.384. The molecule has 0 saturated carbocycles. The van der Waals surface area contributed by atoms with E-state index in [9.17, 15) is 19.7 Å². The van der Waals surface area contributed by atoms with E-state index in [-0.39, 0.29) is 34.1 Å². The molecule has 1 N–H and O–H groups in total. The van der Waals surface area contributed by atoms with Gasteiger partial charge in [0.1, 0.15) is 0 Å². The summed E-state index contributed by atoms with van der Waals surface area (Å²) in [4.78, 5) is 35.0. The van der Waals surface area contributed by atoms with E-state index in [0.717, 1.165) is 6.07 Å². The minimum atomic E-state index is -0.567. The smallest absolute Gasteiger partial charge is 0.270 e. The Morgan fingerprint density at radius 2 is 2.19 bits per heavy atom. The number of amides is 2. The molecule has 0 aliphatic carbocycles. The summed E-state index contributed by atoms with van der Waals surface area (Å²) in [5, 5.41) is 13.5. The first-order chi connectivity index (χ1) is 9.88. The first kappa shape index (κ1) is 15.2. The van der Waals surface area contributed by atoms with Gasteiger partial charge in [0.2, 0.25) is 5.91 Å². The maximum atomic E-state index is 12.3. The monoisotopic (exact) mass is 311 g/mol. The molecule has 21 heavy (non-hydrogen) atoms. The number of nitrogens with one attached hydrogen (secondary N) is 1. The predicted molar refractivity (Wildman–Crippen MR) is 76.2 cm³/mol. The lowest BCUT2D eigenvalue weighted by atomic mass is 10.2. The fourth-order valence-electron chi connectivity index (χ4n) is 2.31. The fourth-order valence-corrected chi connectivity index (χ4v) is 2.57. The third kappa shape index (κ3) is 3.49. The Hall–Kier alpha value is -2.15. The highest BCUT2D eigenvalue weighted by Gasteiger charge is 2.28. The van der Waals surface area contributed by atoms with Crippen LogP contribution in [0, 0.1) is 10.1 Å². The summed E-state index contributed by atoms with van der Waals surface area (Å²) in [5.41, 5.74) is 0.0693. The van der Waals surface area contributed by atoms with Crippen molar-refractivity contribution >= 4 is 29.1 Å². The van der Waals surface area contributed by atoms with Gasteiger partial charge in [0, 0.05) is 38.2 Å². The second-order valence-corrected chi connectivity index (χ2v) is 5.27. The Kier molecular flexibility index (Phi) is 4.42. The second kappa shape index (κ2) is 6.09. The molecule has 2 rings (SSSR count). The van der Waals surface area contributed by atoms with Crippen LogP contribution in [0.1, 0.15) is 23.7 Å². The van der Waals surface area contributed by atoms with Crippen molar-refractivity contribution in [3.05, 3.63) is 38.9 Å². The average molecular weight is 312 g/mol. The van der Waals surface area contributed by atoms with E-state index in [1.807, 2.05) is 0 Å². The van der Waals surface area contributed by atoms with Crippen LogP contribution in [-0.4, -0.2) is 40.8 Å². The number of benzene rings is 1. The molecule has 1 aromatic carbocycles. The SMILES string of the molecule is CC(=O)NC1CCN(C(=O)c2ccc([N+](=O)[O-])cc2Cl)C1. The zero-order valence-electron chi connectivity index (χ0n) is 11.3. The van der Waals surface area contributed by atoms with E-state index in [1.165, 1.54) is 19.1 Å². The van der Waals surface area contributed by atoms with Crippen molar-refractivity contribution in [2.24, 2.45) is 0 Å². The van der Waals surface area contributed by atoms with Crippen molar-refractivity contribution in [1.29, 1.82) is 0 Å². The van der Waals surface area contributed by atoms with Crippen molar-refractivity contribution in [2.45, 2.75) is 19.4 Å². The molecule has 1 fully saturated rings. The molecule has 0 spiro atoms. The third-order valence-electron chi connectivity index (χ3n) is 3.28. The highest BCUT2D eigenvalue weighted by Crippen LogP contribution is 2.25. The van der Waals surface area contributed by atoms with Crippen LogP contribution in [0.25, 0.3) is 0 Å². The number of non-ortho nitro benzene ring substituents is 1. The van der Waals surface area contributed by atoms with Gasteiger partial charge in [-0.1, -0.05) is 11.6 Å². The lowest BCUT2D eigenvalue weighted by Crippen LogP contribution is -2.37. The number of hydrogen-bond donors (Lipinski definition) is 1. The summed E-state index contributed by atoms with van der Waals surface area (Å²) in [6.07, 6.45) is 0.677. The molecule has 8 heteroatoms. The number of nitrogens with zero attached hydrogens (tertiary/aromatic N) is 2. The second-order valence-electron chi connectivity index (χ2n) is 4.86. The number of rotatable bonds is 3. The van der Waals surface area contributed by atoms with Crippen LogP contribution in [0.3, 0.4) is 0 Å². The minimum Gasteiger partial charge on any atom is -0.352 e. The van der Waals surface area contributed by atoms with Gasteiger partial charge >= 0.3 is 0 Å². The van der Waals surface area contributed by atoms with Crippen molar-refractivity contribution in [3.8, 4) is 0 Å². The maximum absolute atomic E-state index is 12.3. The van der Waals surface area contributed by atoms with E-state index < -0.39 is 4.92 Å². The summed E-state index contributed by atoms with van der Waals surface area (Å²) >= 11 is 5.95. The third-order valence-corrected chi connectivity index (χ3v) is 3.59. The zero-order valence-corrected chi connectivity index (χ0v) is 12.1. The molecule has 112 valence electrons. The van der Waals surface area contributed by atoms with E-state index >= 15 is 0 Å². The van der Waals surface area contributed by atoms with Gasteiger partial charge in [-0.15, -0.1) is 0 Å². The number of carbonyl (C=O) groups is 2. The number of nitro groups is 1. The first-order valence-electron chi connectivity index (χ1n) is 6.39. The van der Waals surface area contributed by atoms with E-state index in [2.05, 4.69) is 5.32 Å². The topological polar surface area (TPSA) is 92.6 Å². The van der Waals surface area contributed by atoms with Crippen LogP contribution in [-0.2, 0) is 4.79 Å². The van der Waals surface area contributed by atoms with Crippen molar-refractivity contribution in [2.75, 3.05) is 13.1 Å². The van der Waals surface area contributed by atoms with Crippen LogP contribution in [0.4, 0.5) is 5.69 Å². The Balaban J connectivity index is 2.11. The summed E-state index contributed by atoms with van der Waals surface area (Å²) in [6, 6.07) is 3.70. The van der Waals surface area contributed by atoms with Gasteiger partial charge in [-0.3, -0.25) is 19.7 Å². The largest absolute Gasteiger partial charge is 0.352 e. The van der Waals surface area contributed by atoms with Crippen molar-refractivity contribution in [1.82, 2.24) is 10.2 Å². The Morgan fingerprint density at radius 1 is 1.48 bits per heavy atom. The average Bonchev–Trinajstić information content (AvgIpc) is 2.85. The quantitative estimate of drug-likeness (QED) is 0.678. The Bertz CT molecular complexity index is 605. The molecule has 0 radical (unpaired) electrons. The summed E-state index contributed by atoms with van der Waals surface area (Å²) in [5.74, 6) is -0.426. The number of nitro benzene ring substituents is 1. The molecule has 1 unspecified atom stereocenters. The molecule has 1 heterocycles. The molecule has 1 atom stereocenters. The lowest BCUT2D eigenvalue weighted by Gasteiger charge is -2.17. The number of likely N-dealkylation sites (tertiary alicyclic amines) is 1. The van der Waals surface area contributed by atoms with Gasteiger partial charge in [-0.25, -0.2) is 0 Å². The molecule has 1 aliphatic rings. The minimum absolute atomic E-state index is 0.0529. The summed E-state index contributed by atoms with van der Waals surface area (Å²) in [7, 11) is 0. The van der Waals surface area contributed by atoms with Gasteiger partial charge < -0.3 is 10.2 Å². The molecule has 7 nitrogen and oxygen atoms in total. The van der Waals surface area contributed by atoms with E-state index in [0.29, 0.717) is 19.5 Å². The fraction of sp³-hybridized carbons (Fsp3) is 0.385. The van der Waals surface area contributed by atoms with E-state index in [1.54, 1.807) is 4.90 Å². The van der Waals surface area contributed by atoms with Crippen LogP contribution < -0.4 is 5.32 Å². The Labute approximate surface area is 126 Å². The normalized spacial score (nSPS) is 17.6. The van der Waals surface area contributed by atoms with Crippen LogP contribution >= 0.6 is 11.6 Å². The number of hydrogen-bond acceptors (Lipinski definition) is 4. The van der Waals surface area contributed by atoms with Gasteiger partial charge in [0.05, 0.1) is 15.5 Å². The Morgan fingerprint density at radius 3 is 2.76 bits per heavy atom. The van der Waals surface area contributed by atoms with Crippen LogP contribution in [0.15, 0.2) is 18.2 Å². The van der Waals surface area contributed by atoms with Gasteiger partial charge in [-0.05, 0) is 12.5 Å². The first-order valence-corrected chi connectivity index (χ1v) is 6.76. The molecule has 1 aromatic rings. The molecule has 0 bridgehead atoms.